The van der Waals surface area contributed by atoms with Crippen LogP contribution in [0.15, 0.2) is 23.1 Å². The smallest absolute Gasteiger partial charge is 0.338 e. The number of esters is 1. The van der Waals surface area contributed by atoms with Crippen LogP contribution in [0.5, 0.6) is 0 Å². The van der Waals surface area contributed by atoms with Crippen LogP contribution in [0.2, 0.25) is 0 Å². The number of benzene rings is 1. The number of aryl methyl sites for hydroxylation is 1. The monoisotopic (exact) mass is 315 g/mol. The predicted molar refractivity (Wildman–Crippen MR) is 78.5 cm³/mol. The summed E-state index contributed by atoms with van der Waals surface area (Å²) in [7, 11) is -3.93. The van der Waals surface area contributed by atoms with Crippen molar-refractivity contribution in [2.45, 2.75) is 38.2 Å². The van der Waals surface area contributed by atoms with Gasteiger partial charge in [0.05, 0.1) is 17.1 Å². The number of hydrogen-bond donors (Lipinski definition) is 1. The van der Waals surface area contributed by atoms with E-state index in [2.05, 4.69) is 0 Å². The molecule has 0 aliphatic heterocycles. The van der Waals surface area contributed by atoms with Crippen LogP contribution in [0.3, 0.4) is 0 Å². The molecule has 0 aliphatic carbocycles. The molecule has 0 unspecified atom stereocenters. The molecule has 1 aromatic carbocycles. The van der Waals surface area contributed by atoms with Gasteiger partial charge in [-0.05, 0) is 45.4 Å². The average Bonchev–Trinajstić information content (AvgIpc) is 2.34. The lowest BCUT2D eigenvalue weighted by Crippen LogP contribution is -2.24. The summed E-state index contributed by atoms with van der Waals surface area (Å²) in [6, 6.07) is 4.18. The Morgan fingerprint density at radius 1 is 1.29 bits per heavy atom. The van der Waals surface area contributed by atoms with E-state index in [0.717, 1.165) is 0 Å². The summed E-state index contributed by atoms with van der Waals surface area (Å²) in [5, 5.41) is 0. The van der Waals surface area contributed by atoms with E-state index in [-0.39, 0.29) is 23.6 Å². The molecule has 0 saturated heterocycles. The second kappa shape index (κ2) is 6.55. The summed E-state index contributed by atoms with van der Waals surface area (Å²) in [5.74, 6) is -0.573. The van der Waals surface area contributed by atoms with E-state index in [1.165, 1.54) is 18.2 Å². The Bertz CT molecular complexity index is 617. The summed E-state index contributed by atoms with van der Waals surface area (Å²) < 4.78 is 33.9. The molecule has 0 aliphatic rings. The molecule has 6 nitrogen and oxygen atoms in total. The molecule has 0 saturated carbocycles. The van der Waals surface area contributed by atoms with Crippen molar-refractivity contribution in [1.82, 2.24) is 0 Å². The Morgan fingerprint density at radius 3 is 2.43 bits per heavy atom. The number of nitrogens with two attached hydrogens (primary N) is 1. The lowest BCUT2D eigenvalue weighted by molar-refractivity contribution is 0.00685. The van der Waals surface area contributed by atoms with Crippen molar-refractivity contribution in [2.75, 3.05) is 13.2 Å². The molecule has 1 rings (SSSR count). The summed E-state index contributed by atoms with van der Waals surface area (Å²) in [6.45, 7) is 6.90. The molecule has 0 amide bonds. The van der Waals surface area contributed by atoms with Crippen molar-refractivity contribution < 1.29 is 22.1 Å². The Kier molecular flexibility index (Phi) is 5.49. The maximum atomic E-state index is 12.1. The first-order valence-corrected chi connectivity index (χ1v) is 7.91. The Balaban J connectivity index is 3.14. The van der Waals surface area contributed by atoms with Crippen molar-refractivity contribution in [1.29, 1.82) is 0 Å². The standard InChI is InChI=1S/C14H21NO5S/c1-10-5-6-11(21(17,18)19-8-7-15)9-12(10)13(16)20-14(2,3)4/h5-6,9H,7-8,15H2,1-4H3. The first-order chi connectivity index (χ1) is 9.57. The molecule has 21 heavy (non-hydrogen) atoms. The highest BCUT2D eigenvalue weighted by Gasteiger charge is 2.22. The van der Waals surface area contributed by atoms with Crippen LogP contribution in [-0.2, 0) is 19.0 Å². The molecule has 0 fully saturated rings. The number of carbonyl (C=O) groups is 1. The quantitative estimate of drug-likeness (QED) is 0.655. The van der Waals surface area contributed by atoms with Crippen LogP contribution in [0.25, 0.3) is 0 Å². The van der Waals surface area contributed by atoms with Gasteiger partial charge in [-0.1, -0.05) is 6.07 Å². The van der Waals surface area contributed by atoms with E-state index in [4.69, 9.17) is 14.7 Å². The first-order valence-electron chi connectivity index (χ1n) is 6.50. The van der Waals surface area contributed by atoms with Crippen LogP contribution >= 0.6 is 0 Å². The maximum absolute atomic E-state index is 12.1. The van der Waals surface area contributed by atoms with Crippen molar-refractivity contribution in [3.05, 3.63) is 29.3 Å². The van der Waals surface area contributed by atoms with Gasteiger partial charge in [0.1, 0.15) is 5.60 Å². The molecule has 7 heteroatoms. The van der Waals surface area contributed by atoms with Crippen LogP contribution in [-0.4, -0.2) is 33.1 Å². The summed E-state index contributed by atoms with van der Waals surface area (Å²) >= 11 is 0. The minimum absolute atomic E-state index is 0.0873. The fourth-order valence-corrected chi connectivity index (χ4v) is 2.48. The van der Waals surface area contributed by atoms with Crippen LogP contribution in [0, 0.1) is 6.92 Å². The first kappa shape index (κ1) is 17.6. The van der Waals surface area contributed by atoms with E-state index in [1.807, 2.05) is 0 Å². The second-order valence-corrected chi connectivity index (χ2v) is 7.16. The summed E-state index contributed by atoms with van der Waals surface area (Å²) in [6.07, 6.45) is 0. The molecule has 0 radical (unpaired) electrons. The molecule has 1 aromatic rings. The van der Waals surface area contributed by atoms with E-state index in [1.54, 1.807) is 27.7 Å². The molecule has 0 atom stereocenters. The van der Waals surface area contributed by atoms with Gasteiger partial charge < -0.3 is 10.5 Å². The third-order valence-corrected chi connectivity index (χ3v) is 3.78. The minimum atomic E-state index is -3.93. The zero-order valence-corrected chi connectivity index (χ0v) is 13.5. The molecule has 2 N–H and O–H groups in total. The van der Waals surface area contributed by atoms with Gasteiger partial charge in [-0.15, -0.1) is 0 Å². The number of ether oxygens (including phenoxy) is 1. The van der Waals surface area contributed by atoms with Gasteiger partial charge >= 0.3 is 5.97 Å². The normalized spacial score (nSPS) is 12.2. The Morgan fingerprint density at radius 2 is 1.90 bits per heavy atom. The fourth-order valence-electron chi connectivity index (χ4n) is 1.54. The lowest BCUT2D eigenvalue weighted by atomic mass is 10.1. The van der Waals surface area contributed by atoms with E-state index in [0.29, 0.717) is 5.56 Å². The van der Waals surface area contributed by atoms with Gasteiger partial charge in [-0.2, -0.15) is 8.42 Å². The van der Waals surface area contributed by atoms with Gasteiger partial charge in [-0.3, -0.25) is 4.18 Å². The van der Waals surface area contributed by atoms with Crippen molar-refractivity contribution in [2.24, 2.45) is 5.73 Å². The zero-order chi connectivity index (χ0) is 16.3. The topological polar surface area (TPSA) is 95.7 Å². The van der Waals surface area contributed by atoms with Crippen LogP contribution in [0.1, 0.15) is 36.7 Å². The molecule has 0 spiro atoms. The highest BCUT2D eigenvalue weighted by atomic mass is 32.2. The predicted octanol–water partition coefficient (Wildman–Crippen LogP) is 1.61. The summed E-state index contributed by atoms with van der Waals surface area (Å²) in [5.41, 5.74) is 5.39. The SMILES string of the molecule is Cc1ccc(S(=O)(=O)OCCN)cc1C(=O)OC(C)(C)C. The zero-order valence-electron chi connectivity index (χ0n) is 12.7. The molecule has 118 valence electrons. The van der Waals surface area contributed by atoms with Gasteiger partial charge in [0, 0.05) is 6.54 Å². The minimum Gasteiger partial charge on any atom is -0.456 e. The number of carbonyl (C=O) groups excluding carboxylic acids is 1. The van der Waals surface area contributed by atoms with E-state index >= 15 is 0 Å². The number of hydrogen-bond acceptors (Lipinski definition) is 6. The third kappa shape index (κ3) is 5.11. The van der Waals surface area contributed by atoms with Crippen molar-refractivity contribution >= 4 is 16.1 Å². The van der Waals surface area contributed by atoms with Gasteiger partial charge in [0.15, 0.2) is 0 Å². The van der Waals surface area contributed by atoms with Crippen LogP contribution in [0.4, 0.5) is 0 Å². The van der Waals surface area contributed by atoms with Gasteiger partial charge in [-0.25, -0.2) is 4.79 Å². The fraction of sp³-hybridized carbons (Fsp3) is 0.500. The third-order valence-electron chi connectivity index (χ3n) is 2.47. The Labute approximate surface area is 125 Å². The van der Waals surface area contributed by atoms with Crippen LogP contribution < -0.4 is 5.73 Å². The Hall–Kier alpha value is -1.44. The molecular formula is C14H21NO5S. The highest BCUT2D eigenvalue weighted by molar-refractivity contribution is 7.86. The molecule has 0 aromatic heterocycles. The molecule has 0 bridgehead atoms. The van der Waals surface area contributed by atoms with Gasteiger partial charge in [0.2, 0.25) is 0 Å². The molecular weight excluding hydrogens is 294 g/mol. The van der Waals surface area contributed by atoms with Crippen molar-refractivity contribution in [3.63, 3.8) is 0 Å². The second-order valence-electron chi connectivity index (χ2n) is 5.54. The van der Waals surface area contributed by atoms with Gasteiger partial charge in [0.25, 0.3) is 10.1 Å². The number of rotatable bonds is 5. The van der Waals surface area contributed by atoms with Crippen molar-refractivity contribution in [3.8, 4) is 0 Å². The maximum Gasteiger partial charge on any atom is 0.338 e. The van der Waals surface area contributed by atoms with E-state index in [9.17, 15) is 13.2 Å². The lowest BCUT2D eigenvalue weighted by Gasteiger charge is -2.20. The molecule has 0 heterocycles. The largest absolute Gasteiger partial charge is 0.456 e. The summed E-state index contributed by atoms with van der Waals surface area (Å²) in [4.78, 5) is 12.0. The average molecular weight is 315 g/mol. The highest BCUT2D eigenvalue weighted by Crippen LogP contribution is 2.20. The van der Waals surface area contributed by atoms with E-state index < -0.39 is 21.7 Å².